The molecule has 0 bridgehead atoms. The Morgan fingerprint density at radius 3 is 1.42 bits per heavy atom. The molecule has 0 radical (unpaired) electrons. The van der Waals surface area contributed by atoms with Crippen molar-refractivity contribution in [3.63, 3.8) is 0 Å². The van der Waals surface area contributed by atoms with Gasteiger partial charge >= 0.3 is 5.97 Å². The Labute approximate surface area is 543 Å². The molecule has 1 heterocycles. The van der Waals surface area contributed by atoms with E-state index in [1.54, 1.807) is 61.5 Å². The predicted molar refractivity (Wildman–Crippen MR) is 349 cm³/mol. The number of hydrogen-bond donors (Lipinski definition) is 5. The van der Waals surface area contributed by atoms with Crippen LogP contribution in [0, 0.1) is 41.4 Å². The summed E-state index contributed by atoms with van der Waals surface area (Å²) in [4.78, 5) is 184. The van der Waals surface area contributed by atoms with Gasteiger partial charge in [0.2, 0.25) is 65.0 Å². The number of carbonyl (C=O) groups is 12. The van der Waals surface area contributed by atoms with E-state index in [0.717, 1.165) is 16.7 Å². The normalized spacial score (nSPS) is 27.0. The quantitative estimate of drug-likeness (QED) is 0.0969. The van der Waals surface area contributed by atoms with Gasteiger partial charge in [-0.1, -0.05) is 102 Å². The van der Waals surface area contributed by atoms with E-state index in [1.165, 1.54) is 94.6 Å². The SMILES string of the molecule is C/C=C/C[C@@H](C)[C@@H](OC(C)=O)[C@H]1C(=O)N[C@@H](CC)C(=O)N(C)[C@H](C)C(=O)N(C)[C@@H]([C@H](C)CCCO)C(=O)N[C@@H](C(C)C)C(=O)N(C)[C@@H](CC(C)C)C(=O)N[C@@H](C)C(=O)N[C@H](C)C(=O)N(C)[C@@H](CC(C)C)C(=O)N(C)[C@@H](CC(C)C)C(=O)N(C)[C@@H](C(C)C)C(=O)N1C. The molecule has 0 aliphatic carbocycles. The molecule has 91 heavy (non-hydrogen) atoms. The number of aliphatic hydroxyl groups excluding tert-OH is 1. The van der Waals surface area contributed by atoms with Crippen molar-refractivity contribution in [1.82, 2.24) is 55.6 Å². The second-order valence-corrected chi connectivity index (χ2v) is 27.2. The van der Waals surface area contributed by atoms with Gasteiger partial charge in [-0.2, -0.15) is 0 Å². The minimum absolute atomic E-state index is 0.0330. The van der Waals surface area contributed by atoms with Crippen molar-refractivity contribution in [2.75, 3.05) is 55.9 Å². The summed E-state index contributed by atoms with van der Waals surface area (Å²) in [5.74, 6) is -11.6. The molecular weight excluding hydrogens is 1170 g/mol. The lowest BCUT2D eigenvalue weighted by Crippen LogP contribution is -2.64. The van der Waals surface area contributed by atoms with Crippen LogP contribution < -0.4 is 21.3 Å². The van der Waals surface area contributed by atoms with Crippen LogP contribution in [0.5, 0.6) is 0 Å². The van der Waals surface area contributed by atoms with Crippen LogP contribution in [0.3, 0.4) is 0 Å². The lowest BCUT2D eigenvalue weighted by Gasteiger charge is -2.42. The van der Waals surface area contributed by atoms with E-state index >= 15 is 19.2 Å². The summed E-state index contributed by atoms with van der Waals surface area (Å²) in [7, 11) is 9.82. The Morgan fingerprint density at radius 1 is 0.505 bits per heavy atom. The summed E-state index contributed by atoms with van der Waals surface area (Å²) in [5, 5.41) is 20.9. The molecule has 5 N–H and O–H groups in total. The number of aliphatic hydroxyl groups is 1. The monoisotopic (exact) mass is 1290 g/mol. The number of ether oxygens (including phenoxy) is 1. The minimum atomic E-state index is -1.63. The lowest BCUT2D eigenvalue weighted by molar-refractivity contribution is -0.164. The highest BCUT2D eigenvalue weighted by Gasteiger charge is 2.47. The number of rotatable bonds is 18. The summed E-state index contributed by atoms with van der Waals surface area (Å²) in [5.41, 5.74) is 0. The van der Waals surface area contributed by atoms with Crippen molar-refractivity contribution in [3.05, 3.63) is 12.2 Å². The number of carbonyl (C=O) groups excluding carboxylic acids is 12. The lowest BCUT2D eigenvalue weighted by atomic mass is 9.91. The third-order valence-electron chi connectivity index (χ3n) is 17.4. The molecule has 25 heteroatoms. The number of nitrogens with zero attached hydrogens (tertiary/aromatic N) is 7. The summed E-state index contributed by atoms with van der Waals surface area (Å²) >= 11 is 0. The fourth-order valence-electron chi connectivity index (χ4n) is 11.7. The minimum Gasteiger partial charge on any atom is -0.459 e. The molecule has 0 unspecified atom stereocenters. The molecule has 11 amide bonds. The van der Waals surface area contributed by atoms with E-state index in [4.69, 9.17) is 4.74 Å². The first-order valence-electron chi connectivity index (χ1n) is 32.6. The molecule has 1 fully saturated rings. The van der Waals surface area contributed by atoms with Gasteiger partial charge in [0.25, 0.3) is 0 Å². The maximum Gasteiger partial charge on any atom is 0.303 e. The highest BCUT2D eigenvalue weighted by atomic mass is 16.5. The molecule has 0 aromatic heterocycles. The predicted octanol–water partition coefficient (Wildman–Crippen LogP) is 3.59. The van der Waals surface area contributed by atoms with Gasteiger partial charge in [0.05, 0.1) is 0 Å². The van der Waals surface area contributed by atoms with Gasteiger partial charge in [0.15, 0.2) is 0 Å². The third kappa shape index (κ3) is 22.9. The molecule has 0 aromatic carbocycles. The Balaban J connectivity index is 4.53. The van der Waals surface area contributed by atoms with Gasteiger partial charge in [-0.3, -0.25) is 57.5 Å². The van der Waals surface area contributed by atoms with E-state index in [-0.39, 0.29) is 69.3 Å². The first-order chi connectivity index (χ1) is 42.1. The van der Waals surface area contributed by atoms with Crippen LogP contribution in [-0.4, -0.2) is 239 Å². The van der Waals surface area contributed by atoms with E-state index in [1.807, 2.05) is 47.6 Å². The molecule has 520 valence electrons. The summed E-state index contributed by atoms with van der Waals surface area (Å²) in [6.45, 7) is 30.1. The van der Waals surface area contributed by atoms with Crippen molar-refractivity contribution in [2.45, 2.75) is 242 Å². The van der Waals surface area contributed by atoms with E-state index in [0.29, 0.717) is 0 Å². The Kier molecular flexibility index (Phi) is 34.2. The summed E-state index contributed by atoms with van der Waals surface area (Å²) in [6, 6.07) is -14.2. The van der Waals surface area contributed by atoms with Crippen LogP contribution in [0.15, 0.2) is 12.2 Å². The van der Waals surface area contributed by atoms with Crippen LogP contribution in [0.1, 0.15) is 170 Å². The molecule has 1 saturated heterocycles. The van der Waals surface area contributed by atoms with Crippen LogP contribution in [0.2, 0.25) is 0 Å². The topological polar surface area (TPSA) is 305 Å². The smallest absolute Gasteiger partial charge is 0.303 e. The first kappa shape index (κ1) is 82.4. The van der Waals surface area contributed by atoms with Crippen molar-refractivity contribution in [3.8, 4) is 0 Å². The highest BCUT2D eigenvalue weighted by Crippen LogP contribution is 2.27. The van der Waals surface area contributed by atoms with E-state index in [9.17, 15) is 43.5 Å². The molecular formula is C66H117N11O14. The number of allylic oxidation sites excluding steroid dienone is 2. The van der Waals surface area contributed by atoms with Crippen LogP contribution >= 0.6 is 0 Å². The fourth-order valence-corrected chi connectivity index (χ4v) is 11.7. The number of likely N-dealkylation sites (N-methyl/N-ethyl adjacent to an activating group) is 7. The highest BCUT2D eigenvalue weighted by molar-refractivity contribution is 6.00. The van der Waals surface area contributed by atoms with Crippen LogP contribution in [0.25, 0.3) is 0 Å². The first-order valence-corrected chi connectivity index (χ1v) is 32.6. The second-order valence-electron chi connectivity index (χ2n) is 27.2. The average molecular weight is 1290 g/mol. The molecule has 0 spiro atoms. The van der Waals surface area contributed by atoms with Gasteiger partial charge < -0.3 is 65.4 Å². The maximum absolute atomic E-state index is 15.5. The van der Waals surface area contributed by atoms with Crippen molar-refractivity contribution >= 4 is 70.9 Å². The van der Waals surface area contributed by atoms with Crippen molar-refractivity contribution in [1.29, 1.82) is 0 Å². The van der Waals surface area contributed by atoms with Gasteiger partial charge in [0.1, 0.15) is 72.6 Å². The Morgan fingerprint density at radius 2 is 0.956 bits per heavy atom. The maximum atomic E-state index is 15.5. The molecule has 1 aliphatic heterocycles. The van der Waals surface area contributed by atoms with Gasteiger partial charge in [-0.05, 0) is 114 Å². The van der Waals surface area contributed by atoms with E-state index in [2.05, 4.69) is 21.3 Å². The standard InChI is InChI=1S/C66H117N11O14/c1-26-28-30-42(14)55(91-46(18)79)54-59(83)69-47(27-2)62(86)71(19)45(17)61(85)76(24)53(41(13)31-29-32-78)58(82)70-51(39(9)10)65(89)72(20)48(33-36(3)4)57(81)67-43(15)56(80)68-44(16)60(84)73(21)49(34-37(5)6)63(87)74(22)50(35-38(7)8)64(88)75(23)52(40(11)12)66(90)77(54)25/h26,28,36-45,47-55,78H,27,29-35H2,1-25H3,(H,67,81)(H,68,80)(H,69,83)(H,70,82)/b28-26+/t41-,42-,43+,44-,45-,47+,48+,49+,50+,51+,52+,53+,54+,55-/m1/s1. The van der Waals surface area contributed by atoms with Crippen LogP contribution in [0.4, 0.5) is 0 Å². The fraction of sp³-hybridized carbons (Fsp3) is 0.788. The zero-order valence-corrected chi connectivity index (χ0v) is 59.7. The third-order valence-corrected chi connectivity index (χ3v) is 17.4. The van der Waals surface area contributed by atoms with Crippen LogP contribution in [-0.2, 0) is 62.3 Å². The number of amides is 11. The van der Waals surface area contributed by atoms with Crippen molar-refractivity contribution in [2.24, 2.45) is 41.4 Å². The van der Waals surface area contributed by atoms with Gasteiger partial charge in [-0.25, -0.2) is 0 Å². The Bertz CT molecular complexity index is 2520. The summed E-state index contributed by atoms with van der Waals surface area (Å²) < 4.78 is 5.95. The number of nitrogens with one attached hydrogen (secondary N) is 4. The largest absolute Gasteiger partial charge is 0.459 e. The molecule has 0 aromatic rings. The van der Waals surface area contributed by atoms with E-state index < -0.39 is 167 Å². The molecule has 25 nitrogen and oxygen atoms in total. The zero-order valence-electron chi connectivity index (χ0n) is 59.7. The zero-order chi connectivity index (χ0) is 70.5. The summed E-state index contributed by atoms with van der Waals surface area (Å²) in [6.07, 6.45) is 3.38. The molecule has 1 rings (SSSR count). The van der Waals surface area contributed by atoms with Gasteiger partial charge in [0, 0.05) is 62.9 Å². The Hall–Kier alpha value is -6.66. The molecule has 1 aliphatic rings. The van der Waals surface area contributed by atoms with Gasteiger partial charge in [-0.15, -0.1) is 0 Å². The van der Waals surface area contributed by atoms with Crippen molar-refractivity contribution < 1.29 is 67.4 Å². The average Bonchev–Trinajstić information content (AvgIpc) is 1.55. The second kappa shape index (κ2) is 37.8. The molecule has 14 atom stereocenters. The molecule has 0 saturated carbocycles. The number of hydrogen-bond acceptors (Lipinski definition) is 14. The number of esters is 1.